The van der Waals surface area contributed by atoms with E-state index in [1.54, 1.807) is 13.0 Å². The highest BCUT2D eigenvalue weighted by atomic mass is 16.5. The van der Waals surface area contributed by atoms with Crippen molar-refractivity contribution in [1.29, 1.82) is 0 Å². The van der Waals surface area contributed by atoms with Gasteiger partial charge in [0.25, 0.3) is 5.91 Å². The molecule has 1 heterocycles. The minimum absolute atomic E-state index is 0.0640. The number of carbonyl (C=O) groups excluding carboxylic acids is 2. The maximum atomic E-state index is 12.2. The maximum absolute atomic E-state index is 12.2. The molecule has 2 rings (SSSR count). The smallest absolute Gasteiger partial charge is 0.333 e. The lowest BCUT2D eigenvalue weighted by Gasteiger charge is -2.04. The average Bonchev–Trinajstić information content (AvgIpc) is 3.03. The zero-order chi connectivity index (χ0) is 18.9. The van der Waals surface area contributed by atoms with Crippen LogP contribution in [0.3, 0.4) is 0 Å². The number of H-pyrrole nitrogens is 1. The molecule has 1 amide bonds. The van der Waals surface area contributed by atoms with Gasteiger partial charge in [-0.25, -0.2) is 9.78 Å². The second-order valence-corrected chi connectivity index (χ2v) is 6.40. The molecule has 0 aliphatic heterocycles. The van der Waals surface area contributed by atoms with E-state index >= 15 is 0 Å². The molecule has 2 aromatic rings. The zero-order valence-corrected chi connectivity index (χ0v) is 15.6. The number of nitrogens with zero attached hydrogens (tertiary/aromatic N) is 1. The molecule has 0 bridgehead atoms. The van der Waals surface area contributed by atoms with Crippen LogP contribution in [0.2, 0.25) is 0 Å². The van der Waals surface area contributed by atoms with E-state index in [-0.39, 0.29) is 11.9 Å². The van der Waals surface area contributed by atoms with Crippen LogP contribution in [0, 0.1) is 0 Å². The molecule has 0 radical (unpaired) electrons. The third kappa shape index (κ3) is 5.72. The number of aromatic amines is 1. The van der Waals surface area contributed by atoms with Gasteiger partial charge in [0.2, 0.25) is 0 Å². The van der Waals surface area contributed by atoms with E-state index in [0.29, 0.717) is 37.1 Å². The minimum Gasteiger partial charge on any atom is -0.462 e. The van der Waals surface area contributed by atoms with E-state index in [4.69, 9.17) is 4.74 Å². The predicted octanol–water partition coefficient (Wildman–Crippen LogP) is 3.53. The van der Waals surface area contributed by atoms with Crippen molar-refractivity contribution in [3.8, 4) is 0 Å². The van der Waals surface area contributed by atoms with Gasteiger partial charge in [0.15, 0.2) is 0 Å². The average molecular weight is 357 g/mol. The first kappa shape index (κ1) is 19.7. The molecule has 26 heavy (non-hydrogen) atoms. The molecule has 2 N–H and O–H groups in total. The van der Waals surface area contributed by atoms with E-state index in [1.807, 2.05) is 12.1 Å². The van der Waals surface area contributed by atoms with Crippen molar-refractivity contribution in [2.45, 2.75) is 46.0 Å². The Morgan fingerprint density at radius 3 is 2.81 bits per heavy atom. The third-order valence-corrected chi connectivity index (χ3v) is 4.00. The third-order valence-electron chi connectivity index (χ3n) is 4.00. The number of hydrogen-bond acceptors (Lipinski definition) is 4. The van der Waals surface area contributed by atoms with Crippen molar-refractivity contribution in [3.63, 3.8) is 0 Å². The number of nitrogens with one attached hydrogen (secondary N) is 2. The Bertz CT molecular complexity index is 780. The molecular formula is C20H27N3O3. The number of benzene rings is 1. The van der Waals surface area contributed by atoms with Crippen LogP contribution in [0.4, 0.5) is 0 Å². The zero-order valence-electron chi connectivity index (χ0n) is 15.6. The van der Waals surface area contributed by atoms with Gasteiger partial charge in [-0.2, -0.15) is 0 Å². The van der Waals surface area contributed by atoms with Crippen LogP contribution in [-0.2, 0) is 16.0 Å². The largest absolute Gasteiger partial charge is 0.462 e. The number of hydrogen-bond donors (Lipinski definition) is 2. The van der Waals surface area contributed by atoms with Crippen molar-refractivity contribution in [3.05, 3.63) is 41.7 Å². The SMILES string of the molecule is C=C(C)C(=O)OCCCc1nc2ccc(C(=O)NCCCCC)cc2[nH]1. The Balaban J connectivity index is 1.89. The lowest BCUT2D eigenvalue weighted by molar-refractivity contribution is -0.139. The molecule has 6 heteroatoms. The number of unbranched alkanes of at least 4 members (excludes halogenated alkanes) is 2. The summed E-state index contributed by atoms with van der Waals surface area (Å²) in [5.74, 6) is 0.377. The Labute approximate surface area is 154 Å². The molecule has 140 valence electrons. The van der Waals surface area contributed by atoms with Crippen LogP contribution in [0.5, 0.6) is 0 Å². The highest BCUT2D eigenvalue weighted by Gasteiger charge is 2.09. The molecule has 0 aliphatic carbocycles. The number of amides is 1. The molecule has 0 fully saturated rings. The maximum Gasteiger partial charge on any atom is 0.333 e. The number of imidazole rings is 1. The number of fused-ring (bicyclic) bond motifs is 1. The predicted molar refractivity (Wildman–Crippen MR) is 102 cm³/mol. The molecule has 1 aromatic carbocycles. The van der Waals surface area contributed by atoms with Gasteiger partial charge in [-0.15, -0.1) is 0 Å². The second kappa shape index (κ2) is 9.75. The quantitative estimate of drug-likeness (QED) is 0.387. The fourth-order valence-electron chi connectivity index (χ4n) is 2.53. The van der Waals surface area contributed by atoms with Gasteiger partial charge >= 0.3 is 5.97 Å². The lowest BCUT2D eigenvalue weighted by atomic mass is 10.2. The fourth-order valence-corrected chi connectivity index (χ4v) is 2.53. The summed E-state index contributed by atoms with van der Waals surface area (Å²) in [6, 6.07) is 5.45. The Kier molecular flexibility index (Phi) is 7.38. The Morgan fingerprint density at radius 1 is 1.27 bits per heavy atom. The van der Waals surface area contributed by atoms with Crippen molar-refractivity contribution >= 4 is 22.9 Å². The number of carbonyl (C=O) groups is 2. The number of rotatable bonds is 10. The summed E-state index contributed by atoms with van der Waals surface area (Å²) >= 11 is 0. The fraction of sp³-hybridized carbons (Fsp3) is 0.450. The standard InChI is InChI=1S/C20H27N3O3/c1-4-5-6-11-21-19(24)15-9-10-16-17(13-15)23-18(22-16)8-7-12-26-20(25)14(2)3/h9-10,13H,2,4-8,11-12H2,1,3H3,(H,21,24)(H,22,23). The van der Waals surface area contributed by atoms with E-state index < -0.39 is 0 Å². The normalized spacial score (nSPS) is 10.7. The van der Waals surface area contributed by atoms with Gasteiger partial charge in [0.1, 0.15) is 5.82 Å². The Morgan fingerprint density at radius 2 is 2.08 bits per heavy atom. The highest BCUT2D eigenvalue weighted by molar-refractivity contribution is 5.97. The van der Waals surface area contributed by atoms with Crippen LogP contribution >= 0.6 is 0 Å². The monoisotopic (exact) mass is 357 g/mol. The molecule has 0 atom stereocenters. The van der Waals surface area contributed by atoms with Crippen LogP contribution < -0.4 is 5.32 Å². The first-order valence-electron chi connectivity index (χ1n) is 9.10. The van der Waals surface area contributed by atoms with E-state index in [2.05, 4.69) is 28.8 Å². The van der Waals surface area contributed by atoms with Gasteiger partial charge < -0.3 is 15.0 Å². The van der Waals surface area contributed by atoms with E-state index in [1.165, 1.54) is 0 Å². The number of aromatic nitrogens is 2. The van der Waals surface area contributed by atoms with Crippen LogP contribution in [0.1, 0.15) is 55.7 Å². The molecule has 0 saturated carbocycles. The van der Waals surface area contributed by atoms with Crippen LogP contribution in [0.25, 0.3) is 11.0 Å². The van der Waals surface area contributed by atoms with E-state index in [9.17, 15) is 9.59 Å². The first-order chi connectivity index (χ1) is 12.5. The minimum atomic E-state index is -0.371. The van der Waals surface area contributed by atoms with Crippen LogP contribution in [-0.4, -0.2) is 35.0 Å². The molecule has 6 nitrogen and oxygen atoms in total. The summed E-state index contributed by atoms with van der Waals surface area (Å²) in [6.07, 6.45) is 4.57. The Hall–Kier alpha value is -2.63. The summed E-state index contributed by atoms with van der Waals surface area (Å²) in [5.41, 5.74) is 2.68. The first-order valence-corrected chi connectivity index (χ1v) is 9.10. The molecule has 0 unspecified atom stereocenters. The summed E-state index contributed by atoms with van der Waals surface area (Å²) in [4.78, 5) is 31.2. The molecule has 0 saturated heterocycles. The molecular weight excluding hydrogens is 330 g/mol. The number of esters is 1. The molecule has 0 aliphatic rings. The lowest BCUT2D eigenvalue weighted by Crippen LogP contribution is -2.24. The van der Waals surface area contributed by atoms with Crippen LogP contribution in [0.15, 0.2) is 30.4 Å². The van der Waals surface area contributed by atoms with Crippen molar-refractivity contribution < 1.29 is 14.3 Å². The molecule has 0 spiro atoms. The number of ether oxygens (including phenoxy) is 1. The van der Waals surface area contributed by atoms with Crippen molar-refractivity contribution in [1.82, 2.24) is 15.3 Å². The van der Waals surface area contributed by atoms with Crippen molar-refractivity contribution in [2.75, 3.05) is 13.2 Å². The topological polar surface area (TPSA) is 84.1 Å². The highest BCUT2D eigenvalue weighted by Crippen LogP contribution is 2.15. The summed E-state index contributed by atoms with van der Waals surface area (Å²) < 4.78 is 5.07. The summed E-state index contributed by atoms with van der Waals surface area (Å²) in [5, 5.41) is 2.94. The number of aryl methyl sites for hydroxylation is 1. The van der Waals surface area contributed by atoms with Gasteiger partial charge in [-0.05, 0) is 38.0 Å². The van der Waals surface area contributed by atoms with Gasteiger partial charge in [0, 0.05) is 24.1 Å². The van der Waals surface area contributed by atoms with Gasteiger partial charge in [-0.3, -0.25) is 4.79 Å². The summed E-state index contributed by atoms with van der Waals surface area (Å²) in [6.45, 7) is 8.33. The van der Waals surface area contributed by atoms with E-state index in [0.717, 1.165) is 36.1 Å². The summed E-state index contributed by atoms with van der Waals surface area (Å²) in [7, 11) is 0. The van der Waals surface area contributed by atoms with Gasteiger partial charge in [-0.1, -0.05) is 26.3 Å². The second-order valence-electron chi connectivity index (χ2n) is 6.40. The molecule has 1 aromatic heterocycles. The van der Waals surface area contributed by atoms with Gasteiger partial charge in [0.05, 0.1) is 17.6 Å². The van der Waals surface area contributed by atoms with Crippen molar-refractivity contribution in [2.24, 2.45) is 0 Å².